The number of ether oxygens (including phenoxy) is 1. The number of halogens is 1. The molecule has 0 aliphatic carbocycles. The average Bonchev–Trinajstić information content (AvgIpc) is 2.69. The number of hydrogen-bond acceptors (Lipinski definition) is 5. The zero-order chi connectivity index (χ0) is 21.4. The van der Waals surface area contributed by atoms with Crippen LogP contribution in [0.4, 0.5) is 11.4 Å². The number of nitrogens with one attached hydrogen (secondary N) is 1. The van der Waals surface area contributed by atoms with Crippen LogP contribution in [0.2, 0.25) is 5.02 Å². The summed E-state index contributed by atoms with van der Waals surface area (Å²) in [4.78, 5) is 13.1. The average molecular weight is 467 g/mol. The number of rotatable bonds is 5. The Bertz CT molecular complexity index is 1020. The lowest BCUT2D eigenvalue weighted by Gasteiger charge is -2.39. The summed E-state index contributed by atoms with van der Waals surface area (Å²) >= 11 is 7.77. The van der Waals surface area contributed by atoms with E-state index in [0.717, 1.165) is 17.3 Å². The molecule has 1 N–H and O–H groups in total. The number of nitrogens with zero attached hydrogens (tertiary/aromatic N) is 1. The van der Waals surface area contributed by atoms with Crippen molar-refractivity contribution in [2.75, 3.05) is 27.7 Å². The molecule has 0 saturated carbocycles. The molecule has 0 unspecified atom stereocenters. The molecule has 6 nitrogen and oxygen atoms in total. The van der Waals surface area contributed by atoms with Crippen LogP contribution in [0.5, 0.6) is 5.75 Å². The molecule has 0 bridgehead atoms. The van der Waals surface area contributed by atoms with Crippen LogP contribution >= 0.6 is 23.4 Å². The van der Waals surface area contributed by atoms with Crippen molar-refractivity contribution in [1.82, 2.24) is 0 Å². The molecular weight excluding hydrogens is 444 g/mol. The number of amides is 1. The molecule has 2 aliphatic rings. The Morgan fingerprint density at radius 2 is 1.83 bits per heavy atom. The number of sulfonamides is 1. The molecule has 2 saturated heterocycles. The van der Waals surface area contributed by atoms with Gasteiger partial charge >= 0.3 is 0 Å². The van der Waals surface area contributed by atoms with Crippen LogP contribution in [0.15, 0.2) is 48.5 Å². The van der Waals surface area contributed by atoms with Crippen LogP contribution in [0.3, 0.4) is 0 Å². The molecule has 9 heteroatoms. The van der Waals surface area contributed by atoms with E-state index in [1.165, 1.54) is 11.2 Å². The largest absolute Gasteiger partial charge is 0.489 e. The molecule has 0 aromatic heterocycles. The Kier molecular flexibility index (Phi) is 5.92. The summed E-state index contributed by atoms with van der Waals surface area (Å²) in [5, 5.41) is 3.30. The fourth-order valence-corrected chi connectivity index (χ4v) is 6.15. The van der Waals surface area contributed by atoms with Crippen molar-refractivity contribution in [2.24, 2.45) is 0 Å². The summed E-state index contributed by atoms with van der Waals surface area (Å²) in [6.45, 7) is 1.82. The first-order valence-electron chi connectivity index (χ1n) is 9.73. The van der Waals surface area contributed by atoms with Gasteiger partial charge in [-0.3, -0.25) is 9.10 Å². The number of hydrogen-bond donors (Lipinski definition) is 1. The van der Waals surface area contributed by atoms with Crippen molar-refractivity contribution in [3.63, 3.8) is 0 Å². The number of benzene rings is 2. The van der Waals surface area contributed by atoms with Crippen molar-refractivity contribution in [1.29, 1.82) is 0 Å². The maximum Gasteiger partial charge on any atom is 0.249 e. The second-order valence-electron chi connectivity index (χ2n) is 7.64. The molecule has 1 atom stereocenters. The van der Waals surface area contributed by atoms with Gasteiger partial charge in [0.05, 0.1) is 5.69 Å². The van der Waals surface area contributed by atoms with Crippen LogP contribution in [-0.2, 0) is 14.8 Å². The van der Waals surface area contributed by atoms with E-state index >= 15 is 0 Å². The fraction of sp³-hybridized carbons (Fsp3) is 0.381. The van der Waals surface area contributed by atoms with E-state index in [1.54, 1.807) is 48.5 Å². The molecule has 2 aliphatic heterocycles. The highest BCUT2D eigenvalue weighted by molar-refractivity contribution is 8.00. The molecule has 2 heterocycles. The summed E-state index contributed by atoms with van der Waals surface area (Å²) in [5.74, 6) is 2.17. The predicted octanol–water partition coefficient (Wildman–Crippen LogP) is 4.16. The Hall–Kier alpha value is -1.90. The molecule has 2 aromatic carbocycles. The number of anilines is 2. The van der Waals surface area contributed by atoms with Crippen LogP contribution in [-0.4, -0.2) is 43.2 Å². The van der Waals surface area contributed by atoms with Crippen molar-refractivity contribution in [3.05, 3.63) is 53.6 Å². The van der Waals surface area contributed by atoms with E-state index in [1.807, 2.05) is 11.8 Å². The third kappa shape index (κ3) is 4.00. The minimum absolute atomic E-state index is 0.237. The lowest BCUT2D eigenvalue weighted by atomic mass is 10.0. The molecular formula is C21H23ClN2O4S2. The highest BCUT2D eigenvalue weighted by Gasteiger charge is 2.52. The van der Waals surface area contributed by atoms with Gasteiger partial charge < -0.3 is 10.1 Å². The standard InChI is InChI=1S/C21H23ClN2O4S2/c1-21(11-2-12-24(30(21,26)27)17-7-3-15(22)4-8-17)20(25)23-16-5-9-18(10-6-16)28-19-13-29-14-19/h3-10,19H,2,11-14H2,1H3,(H,23,25)/t21-/m1/s1. The van der Waals surface area contributed by atoms with Crippen molar-refractivity contribution in [2.45, 2.75) is 30.6 Å². The molecule has 2 aromatic rings. The smallest absolute Gasteiger partial charge is 0.249 e. The van der Waals surface area contributed by atoms with Gasteiger partial charge in [-0.1, -0.05) is 11.6 Å². The molecule has 1 amide bonds. The summed E-state index contributed by atoms with van der Waals surface area (Å²) in [5.41, 5.74) is 1.05. The molecule has 4 rings (SSSR count). The summed E-state index contributed by atoms with van der Waals surface area (Å²) in [7, 11) is -3.92. The summed E-state index contributed by atoms with van der Waals surface area (Å²) < 4.78 is 32.3. The number of carbonyl (C=O) groups excluding carboxylic acids is 1. The van der Waals surface area contributed by atoms with Crippen molar-refractivity contribution in [3.8, 4) is 5.75 Å². The third-order valence-electron chi connectivity index (χ3n) is 5.49. The van der Waals surface area contributed by atoms with Gasteiger partial charge in [-0.15, -0.1) is 0 Å². The predicted molar refractivity (Wildman–Crippen MR) is 122 cm³/mol. The molecule has 0 radical (unpaired) electrons. The maximum absolute atomic E-state index is 13.4. The second kappa shape index (κ2) is 8.32. The number of carbonyl (C=O) groups is 1. The first-order valence-corrected chi connectivity index (χ1v) is 12.7. The monoisotopic (exact) mass is 466 g/mol. The zero-order valence-electron chi connectivity index (χ0n) is 16.5. The number of thioether (sulfide) groups is 1. The molecule has 2 fully saturated rings. The maximum atomic E-state index is 13.4. The Balaban J connectivity index is 1.51. The summed E-state index contributed by atoms with van der Waals surface area (Å²) in [6.07, 6.45) is 1.07. The quantitative estimate of drug-likeness (QED) is 0.716. The van der Waals surface area contributed by atoms with Crippen LogP contribution in [0.25, 0.3) is 0 Å². The van der Waals surface area contributed by atoms with Gasteiger partial charge in [-0.25, -0.2) is 8.42 Å². The van der Waals surface area contributed by atoms with Gasteiger partial charge in [0.15, 0.2) is 4.75 Å². The lowest BCUT2D eigenvalue weighted by Crippen LogP contribution is -2.57. The Morgan fingerprint density at radius 3 is 2.43 bits per heavy atom. The first-order chi connectivity index (χ1) is 14.3. The minimum atomic E-state index is -3.92. The third-order valence-corrected chi connectivity index (χ3v) is 9.46. The SMILES string of the molecule is C[C@]1(C(=O)Nc2ccc(OC3CSC3)cc2)CCCN(c2ccc(Cl)cc2)S1(=O)=O. The summed E-state index contributed by atoms with van der Waals surface area (Å²) in [6, 6.07) is 13.6. The lowest BCUT2D eigenvalue weighted by molar-refractivity contribution is -0.118. The molecule has 160 valence electrons. The van der Waals surface area contributed by atoms with Gasteiger partial charge in [0.25, 0.3) is 0 Å². The van der Waals surface area contributed by atoms with E-state index in [9.17, 15) is 13.2 Å². The van der Waals surface area contributed by atoms with E-state index in [-0.39, 0.29) is 12.5 Å². The minimum Gasteiger partial charge on any atom is -0.489 e. The van der Waals surface area contributed by atoms with Gasteiger partial charge in [0.2, 0.25) is 15.9 Å². The Morgan fingerprint density at radius 1 is 1.17 bits per heavy atom. The normalized spacial score (nSPS) is 23.5. The fourth-order valence-electron chi connectivity index (χ4n) is 3.51. The first kappa shape index (κ1) is 21.3. The van der Waals surface area contributed by atoms with E-state index < -0.39 is 20.7 Å². The van der Waals surface area contributed by atoms with Crippen LogP contribution < -0.4 is 14.4 Å². The highest BCUT2D eigenvalue weighted by atomic mass is 35.5. The van der Waals surface area contributed by atoms with Gasteiger partial charge in [-0.05, 0) is 68.3 Å². The van der Waals surface area contributed by atoms with E-state index in [4.69, 9.17) is 16.3 Å². The topological polar surface area (TPSA) is 75.7 Å². The van der Waals surface area contributed by atoms with Crippen LogP contribution in [0.1, 0.15) is 19.8 Å². The Labute approximate surface area is 186 Å². The molecule has 30 heavy (non-hydrogen) atoms. The zero-order valence-corrected chi connectivity index (χ0v) is 18.9. The highest BCUT2D eigenvalue weighted by Crippen LogP contribution is 2.36. The van der Waals surface area contributed by atoms with Crippen molar-refractivity contribution >= 4 is 50.7 Å². The van der Waals surface area contributed by atoms with Crippen molar-refractivity contribution < 1.29 is 17.9 Å². The van der Waals surface area contributed by atoms with Gasteiger partial charge in [-0.2, -0.15) is 11.8 Å². The molecule has 0 spiro atoms. The van der Waals surface area contributed by atoms with Gasteiger partial charge in [0, 0.05) is 28.8 Å². The van der Waals surface area contributed by atoms with E-state index in [2.05, 4.69) is 5.32 Å². The van der Waals surface area contributed by atoms with E-state index in [0.29, 0.717) is 29.4 Å². The second-order valence-corrected chi connectivity index (χ2v) is 11.4. The van der Waals surface area contributed by atoms with Crippen LogP contribution in [0, 0.1) is 0 Å². The van der Waals surface area contributed by atoms with Gasteiger partial charge in [0.1, 0.15) is 11.9 Å².